The topological polar surface area (TPSA) is 37.3 Å². The SMILES string of the molecule is O=c1sc2ccc3ccccc3c2cc1O. The molecule has 0 fully saturated rings. The lowest BCUT2D eigenvalue weighted by Crippen LogP contribution is -1.92. The molecule has 1 heterocycles. The first-order valence-electron chi connectivity index (χ1n) is 4.90. The molecule has 0 saturated heterocycles. The van der Waals surface area contributed by atoms with Gasteiger partial charge in [0.25, 0.3) is 4.74 Å². The van der Waals surface area contributed by atoms with Crippen LogP contribution in [0.4, 0.5) is 0 Å². The fraction of sp³-hybridized carbons (Fsp3) is 0. The molecular weight excluding hydrogens is 220 g/mol. The smallest absolute Gasteiger partial charge is 0.274 e. The molecule has 0 saturated carbocycles. The Hall–Kier alpha value is -1.87. The van der Waals surface area contributed by atoms with Gasteiger partial charge in [-0.3, -0.25) is 4.79 Å². The van der Waals surface area contributed by atoms with Gasteiger partial charge in [0.2, 0.25) is 0 Å². The van der Waals surface area contributed by atoms with Crippen molar-refractivity contribution in [2.75, 3.05) is 0 Å². The van der Waals surface area contributed by atoms with Gasteiger partial charge in [-0.1, -0.05) is 41.7 Å². The molecule has 0 aliphatic carbocycles. The minimum atomic E-state index is -0.289. The standard InChI is InChI=1S/C13H8O2S/c14-11-7-10-9-4-2-1-3-8(9)5-6-12(10)16-13(11)15/h1-7,14H. The van der Waals surface area contributed by atoms with Gasteiger partial charge in [0.15, 0.2) is 5.75 Å². The van der Waals surface area contributed by atoms with Crippen LogP contribution in [0.3, 0.4) is 0 Å². The van der Waals surface area contributed by atoms with Crippen molar-refractivity contribution in [3.8, 4) is 5.75 Å². The molecular formula is C13H8O2S. The molecule has 2 nitrogen and oxygen atoms in total. The van der Waals surface area contributed by atoms with E-state index >= 15 is 0 Å². The van der Waals surface area contributed by atoms with Gasteiger partial charge in [0.05, 0.1) is 0 Å². The highest BCUT2D eigenvalue weighted by Crippen LogP contribution is 2.28. The number of benzene rings is 2. The van der Waals surface area contributed by atoms with Crippen LogP contribution in [-0.4, -0.2) is 5.11 Å². The average Bonchev–Trinajstić information content (AvgIpc) is 2.31. The zero-order valence-corrected chi connectivity index (χ0v) is 9.12. The summed E-state index contributed by atoms with van der Waals surface area (Å²) in [6.07, 6.45) is 0. The fourth-order valence-corrected chi connectivity index (χ4v) is 2.64. The van der Waals surface area contributed by atoms with Gasteiger partial charge >= 0.3 is 0 Å². The Kier molecular flexibility index (Phi) is 1.94. The highest BCUT2D eigenvalue weighted by Gasteiger charge is 2.04. The van der Waals surface area contributed by atoms with Gasteiger partial charge in [-0.2, -0.15) is 0 Å². The van der Waals surface area contributed by atoms with Crippen LogP contribution in [0.5, 0.6) is 5.75 Å². The monoisotopic (exact) mass is 228 g/mol. The van der Waals surface area contributed by atoms with Crippen LogP contribution in [0.25, 0.3) is 20.9 Å². The van der Waals surface area contributed by atoms with Gasteiger partial charge in [0.1, 0.15) is 0 Å². The minimum Gasteiger partial charge on any atom is -0.504 e. The van der Waals surface area contributed by atoms with E-state index in [0.717, 1.165) is 32.2 Å². The first-order chi connectivity index (χ1) is 7.75. The second-order valence-corrected chi connectivity index (χ2v) is 4.63. The van der Waals surface area contributed by atoms with Crippen LogP contribution in [0, 0.1) is 0 Å². The molecule has 3 rings (SSSR count). The van der Waals surface area contributed by atoms with Crippen molar-refractivity contribution in [1.82, 2.24) is 0 Å². The molecule has 0 bridgehead atoms. The molecule has 3 aromatic rings. The van der Waals surface area contributed by atoms with E-state index in [-0.39, 0.29) is 10.5 Å². The van der Waals surface area contributed by atoms with Crippen molar-refractivity contribution in [3.05, 3.63) is 52.0 Å². The Labute approximate surface area is 95.4 Å². The summed E-state index contributed by atoms with van der Waals surface area (Å²) in [6.45, 7) is 0. The van der Waals surface area contributed by atoms with E-state index in [4.69, 9.17) is 0 Å². The van der Waals surface area contributed by atoms with Gasteiger partial charge in [-0.05, 0) is 22.9 Å². The van der Waals surface area contributed by atoms with Crippen LogP contribution in [0.15, 0.2) is 47.3 Å². The summed E-state index contributed by atoms with van der Waals surface area (Å²) in [6, 6.07) is 13.4. The highest BCUT2D eigenvalue weighted by atomic mass is 32.1. The van der Waals surface area contributed by atoms with Crippen LogP contribution >= 0.6 is 11.3 Å². The molecule has 78 valence electrons. The third-order valence-electron chi connectivity index (χ3n) is 2.62. The first-order valence-corrected chi connectivity index (χ1v) is 5.72. The quantitative estimate of drug-likeness (QED) is 0.600. The van der Waals surface area contributed by atoms with Crippen molar-refractivity contribution >= 4 is 32.2 Å². The lowest BCUT2D eigenvalue weighted by atomic mass is 10.1. The molecule has 0 unspecified atom stereocenters. The second kappa shape index (κ2) is 3.32. The zero-order valence-electron chi connectivity index (χ0n) is 8.31. The Balaban J connectivity index is 2.60. The third-order valence-corrected chi connectivity index (χ3v) is 3.59. The van der Waals surface area contributed by atoms with Gasteiger partial charge in [0, 0.05) is 10.1 Å². The molecule has 1 aromatic heterocycles. The molecule has 1 N–H and O–H groups in total. The third kappa shape index (κ3) is 1.29. The number of rotatable bonds is 0. The predicted octanol–water partition coefficient (Wildman–Crippen LogP) is 3.12. The number of fused-ring (bicyclic) bond motifs is 3. The Morgan fingerprint density at radius 2 is 1.81 bits per heavy atom. The molecule has 0 aliphatic rings. The first kappa shape index (κ1) is 9.36. The maximum atomic E-state index is 11.3. The average molecular weight is 228 g/mol. The van der Waals surface area contributed by atoms with Crippen LogP contribution < -0.4 is 4.74 Å². The lowest BCUT2D eigenvalue weighted by Gasteiger charge is -2.02. The van der Waals surface area contributed by atoms with Gasteiger partial charge in [-0.15, -0.1) is 0 Å². The summed E-state index contributed by atoms with van der Waals surface area (Å²) in [5, 5.41) is 12.6. The van der Waals surface area contributed by atoms with Crippen molar-refractivity contribution in [3.63, 3.8) is 0 Å². The number of aromatic hydroxyl groups is 1. The van der Waals surface area contributed by atoms with Crippen molar-refractivity contribution in [1.29, 1.82) is 0 Å². The highest BCUT2D eigenvalue weighted by molar-refractivity contribution is 7.16. The fourth-order valence-electron chi connectivity index (χ4n) is 1.86. The molecule has 16 heavy (non-hydrogen) atoms. The van der Waals surface area contributed by atoms with Crippen LogP contribution in [0.2, 0.25) is 0 Å². The zero-order chi connectivity index (χ0) is 11.1. The van der Waals surface area contributed by atoms with E-state index < -0.39 is 0 Å². The van der Waals surface area contributed by atoms with E-state index in [0.29, 0.717) is 0 Å². The molecule has 0 atom stereocenters. The van der Waals surface area contributed by atoms with Crippen molar-refractivity contribution in [2.45, 2.75) is 0 Å². The molecule has 0 spiro atoms. The number of hydrogen-bond acceptors (Lipinski definition) is 3. The van der Waals surface area contributed by atoms with Crippen molar-refractivity contribution in [2.24, 2.45) is 0 Å². The molecule has 0 aliphatic heterocycles. The summed E-state index contributed by atoms with van der Waals surface area (Å²) in [4.78, 5) is 11.3. The van der Waals surface area contributed by atoms with E-state index in [9.17, 15) is 9.90 Å². The van der Waals surface area contributed by atoms with E-state index in [1.54, 1.807) is 6.07 Å². The van der Waals surface area contributed by atoms with E-state index in [2.05, 4.69) is 0 Å². The summed E-state index contributed by atoms with van der Waals surface area (Å²) < 4.78 is 0.615. The summed E-state index contributed by atoms with van der Waals surface area (Å²) in [5.74, 6) is -0.172. The second-order valence-electron chi connectivity index (χ2n) is 3.62. The summed E-state index contributed by atoms with van der Waals surface area (Å²) in [5.41, 5.74) is 0. The maximum Gasteiger partial charge on any atom is 0.274 e. The van der Waals surface area contributed by atoms with Gasteiger partial charge < -0.3 is 5.11 Å². The molecule has 0 radical (unpaired) electrons. The molecule has 3 heteroatoms. The van der Waals surface area contributed by atoms with Crippen LogP contribution in [-0.2, 0) is 0 Å². The molecule has 2 aromatic carbocycles. The molecule has 0 amide bonds. The largest absolute Gasteiger partial charge is 0.504 e. The summed E-state index contributed by atoms with van der Waals surface area (Å²) in [7, 11) is 0. The van der Waals surface area contributed by atoms with E-state index in [1.165, 1.54) is 0 Å². The van der Waals surface area contributed by atoms with E-state index in [1.807, 2.05) is 36.4 Å². The number of hydrogen-bond donors (Lipinski definition) is 1. The van der Waals surface area contributed by atoms with Gasteiger partial charge in [-0.25, -0.2) is 0 Å². The van der Waals surface area contributed by atoms with Crippen LogP contribution in [0.1, 0.15) is 0 Å². The normalized spacial score (nSPS) is 11.0. The predicted molar refractivity (Wildman–Crippen MR) is 67.3 cm³/mol. The maximum absolute atomic E-state index is 11.3. The minimum absolute atomic E-state index is 0.172. The summed E-state index contributed by atoms with van der Waals surface area (Å²) >= 11 is 1.08. The Bertz CT molecular complexity index is 744. The Morgan fingerprint density at radius 3 is 2.69 bits per heavy atom. The van der Waals surface area contributed by atoms with Crippen molar-refractivity contribution < 1.29 is 5.11 Å². The lowest BCUT2D eigenvalue weighted by molar-refractivity contribution is 0.473. The Morgan fingerprint density at radius 1 is 1.00 bits per heavy atom.